The van der Waals surface area contributed by atoms with E-state index in [1.807, 2.05) is 0 Å². The summed E-state index contributed by atoms with van der Waals surface area (Å²) in [5.74, 6) is -0.904. The van der Waals surface area contributed by atoms with Gasteiger partial charge in [-0.15, -0.1) is 0 Å². The van der Waals surface area contributed by atoms with E-state index in [-0.39, 0.29) is 31.1 Å². The van der Waals surface area contributed by atoms with Crippen molar-refractivity contribution >= 4 is 17.9 Å². The summed E-state index contributed by atoms with van der Waals surface area (Å²) >= 11 is 0. The first-order valence-electron chi connectivity index (χ1n) is 33.4. The predicted octanol–water partition coefficient (Wildman–Crippen LogP) is 23.0. The predicted molar refractivity (Wildman–Crippen MR) is 343 cm³/mol. The number of hydrogen-bond acceptors (Lipinski definition) is 6. The molecule has 0 aromatic carbocycles. The maximum absolute atomic E-state index is 12.9. The Labute approximate surface area is 489 Å². The molecule has 0 heterocycles. The van der Waals surface area contributed by atoms with Crippen molar-refractivity contribution in [2.24, 2.45) is 0 Å². The normalized spacial score (nSPS) is 12.8. The smallest absolute Gasteiger partial charge is 0.306 e. The Hall–Kier alpha value is -3.93. The molecule has 0 fully saturated rings. The first kappa shape index (κ1) is 75.1. The number of rotatable bonds is 60. The van der Waals surface area contributed by atoms with Crippen molar-refractivity contribution in [3.8, 4) is 0 Å². The average molecular weight is 1100 g/mol. The zero-order chi connectivity index (χ0) is 57.1. The maximum atomic E-state index is 12.9. The third kappa shape index (κ3) is 64.8. The molecular formula is C73H124O6. The fraction of sp³-hybridized carbons (Fsp3) is 0.712. The van der Waals surface area contributed by atoms with Crippen LogP contribution in [0.25, 0.3) is 0 Å². The summed E-state index contributed by atoms with van der Waals surface area (Å²) in [7, 11) is 0. The fourth-order valence-electron chi connectivity index (χ4n) is 9.22. The molecule has 0 aliphatic rings. The SMILES string of the molecule is CC/C=C\C/C=C\C/C=C\C/C=C\C/C=C\C/C=C\CCCCCCCCC(=O)OCC(COC(=O)CCCCCCC/C=C\CCCC)OC(=O)CCCCCCCCCCCCCCC/C=C\C/C=C\CCCCCCC. The number of carbonyl (C=O) groups is 3. The van der Waals surface area contributed by atoms with Crippen molar-refractivity contribution in [1.82, 2.24) is 0 Å². The molecule has 0 aliphatic carbocycles. The Morgan fingerprint density at radius 2 is 0.506 bits per heavy atom. The first-order valence-corrected chi connectivity index (χ1v) is 33.4. The van der Waals surface area contributed by atoms with E-state index in [1.165, 1.54) is 154 Å². The minimum Gasteiger partial charge on any atom is -0.462 e. The molecule has 6 heteroatoms. The van der Waals surface area contributed by atoms with Gasteiger partial charge in [-0.3, -0.25) is 14.4 Å². The van der Waals surface area contributed by atoms with Crippen LogP contribution < -0.4 is 0 Å². The summed E-state index contributed by atoms with van der Waals surface area (Å²) in [5.41, 5.74) is 0. The molecular weight excluding hydrogens is 973 g/mol. The van der Waals surface area contributed by atoms with Gasteiger partial charge < -0.3 is 14.2 Å². The lowest BCUT2D eigenvalue weighted by Crippen LogP contribution is -2.30. The van der Waals surface area contributed by atoms with Gasteiger partial charge in [0.25, 0.3) is 0 Å². The fourth-order valence-corrected chi connectivity index (χ4v) is 9.22. The quantitative estimate of drug-likeness (QED) is 0.0261. The van der Waals surface area contributed by atoms with Crippen molar-refractivity contribution in [2.75, 3.05) is 13.2 Å². The molecule has 0 rings (SSSR count). The van der Waals surface area contributed by atoms with Gasteiger partial charge >= 0.3 is 17.9 Å². The van der Waals surface area contributed by atoms with Crippen LogP contribution in [-0.4, -0.2) is 37.2 Å². The van der Waals surface area contributed by atoms with Gasteiger partial charge in [-0.2, -0.15) is 0 Å². The third-order valence-corrected chi connectivity index (χ3v) is 14.2. The molecule has 6 nitrogen and oxygen atoms in total. The van der Waals surface area contributed by atoms with Gasteiger partial charge in [0.2, 0.25) is 0 Å². The number of esters is 3. The van der Waals surface area contributed by atoms with Crippen LogP contribution in [0, 0.1) is 0 Å². The molecule has 0 radical (unpaired) electrons. The van der Waals surface area contributed by atoms with Gasteiger partial charge in [-0.25, -0.2) is 0 Å². The van der Waals surface area contributed by atoms with Crippen molar-refractivity contribution in [3.05, 3.63) is 109 Å². The maximum Gasteiger partial charge on any atom is 0.306 e. The van der Waals surface area contributed by atoms with Crippen molar-refractivity contribution in [3.63, 3.8) is 0 Å². The molecule has 1 atom stereocenters. The van der Waals surface area contributed by atoms with E-state index in [1.54, 1.807) is 0 Å². The highest BCUT2D eigenvalue weighted by molar-refractivity contribution is 5.71. The number of carbonyl (C=O) groups excluding carboxylic acids is 3. The Kier molecular flexibility index (Phi) is 63.3. The highest BCUT2D eigenvalue weighted by atomic mass is 16.6. The molecule has 0 aromatic rings. The van der Waals surface area contributed by atoms with Crippen LogP contribution in [0.15, 0.2) is 109 Å². The molecule has 0 aromatic heterocycles. The van der Waals surface area contributed by atoms with Crippen molar-refractivity contribution < 1.29 is 28.6 Å². The van der Waals surface area contributed by atoms with Crippen LogP contribution in [0.1, 0.15) is 316 Å². The second kappa shape index (κ2) is 66.6. The summed E-state index contributed by atoms with van der Waals surface area (Å²) < 4.78 is 16.9. The summed E-state index contributed by atoms with van der Waals surface area (Å²) in [6.45, 7) is 6.48. The van der Waals surface area contributed by atoms with E-state index in [0.29, 0.717) is 19.3 Å². The molecule has 452 valence electrons. The van der Waals surface area contributed by atoms with Crippen molar-refractivity contribution in [1.29, 1.82) is 0 Å². The highest BCUT2D eigenvalue weighted by Crippen LogP contribution is 2.16. The molecule has 79 heavy (non-hydrogen) atoms. The van der Waals surface area contributed by atoms with Gasteiger partial charge in [0.15, 0.2) is 6.10 Å². The molecule has 0 amide bonds. The van der Waals surface area contributed by atoms with Crippen LogP contribution in [0.2, 0.25) is 0 Å². The van der Waals surface area contributed by atoms with E-state index in [0.717, 1.165) is 122 Å². The van der Waals surface area contributed by atoms with Crippen molar-refractivity contribution in [2.45, 2.75) is 322 Å². The van der Waals surface area contributed by atoms with Crippen LogP contribution in [0.5, 0.6) is 0 Å². The van der Waals surface area contributed by atoms with Gasteiger partial charge in [0.1, 0.15) is 13.2 Å². The second-order valence-corrected chi connectivity index (χ2v) is 22.0. The van der Waals surface area contributed by atoms with Crippen LogP contribution in [0.3, 0.4) is 0 Å². The third-order valence-electron chi connectivity index (χ3n) is 14.2. The average Bonchev–Trinajstić information content (AvgIpc) is 3.45. The summed E-state index contributed by atoms with van der Waals surface area (Å²) in [6.07, 6.45) is 91.0. The zero-order valence-corrected chi connectivity index (χ0v) is 51.9. The lowest BCUT2D eigenvalue weighted by molar-refractivity contribution is -0.167. The molecule has 0 saturated heterocycles. The first-order chi connectivity index (χ1) is 39.0. The number of allylic oxidation sites excluding steroid dienone is 18. The van der Waals surface area contributed by atoms with E-state index < -0.39 is 6.10 Å². The molecule has 1 unspecified atom stereocenters. The number of ether oxygens (including phenoxy) is 3. The summed E-state index contributed by atoms with van der Waals surface area (Å²) in [6, 6.07) is 0. The number of hydrogen-bond donors (Lipinski definition) is 0. The largest absolute Gasteiger partial charge is 0.462 e. The molecule has 0 saturated carbocycles. The highest BCUT2D eigenvalue weighted by Gasteiger charge is 2.19. The van der Waals surface area contributed by atoms with E-state index >= 15 is 0 Å². The molecule has 0 aliphatic heterocycles. The second-order valence-electron chi connectivity index (χ2n) is 22.0. The molecule has 0 spiro atoms. The van der Waals surface area contributed by atoms with E-state index in [4.69, 9.17) is 14.2 Å². The lowest BCUT2D eigenvalue weighted by atomic mass is 10.0. The van der Waals surface area contributed by atoms with E-state index in [9.17, 15) is 14.4 Å². The van der Waals surface area contributed by atoms with Gasteiger partial charge in [-0.1, -0.05) is 284 Å². The number of unbranched alkanes of at least 4 members (excludes halogenated alkanes) is 31. The van der Waals surface area contributed by atoms with Crippen LogP contribution in [0.4, 0.5) is 0 Å². The Morgan fingerprint density at radius 1 is 0.266 bits per heavy atom. The van der Waals surface area contributed by atoms with Gasteiger partial charge in [0, 0.05) is 19.3 Å². The minimum absolute atomic E-state index is 0.0873. The van der Waals surface area contributed by atoms with Gasteiger partial charge in [-0.05, 0) is 122 Å². The topological polar surface area (TPSA) is 78.9 Å². The minimum atomic E-state index is -0.791. The summed E-state index contributed by atoms with van der Waals surface area (Å²) in [5, 5.41) is 0. The van der Waals surface area contributed by atoms with Gasteiger partial charge in [0.05, 0.1) is 0 Å². The zero-order valence-electron chi connectivity index (χ0n) is 51.9. The monoisotopic (exact) mass is 1100 g/mol. The molecule has 0 N–H and O–H groups in total. The van der Waals surface area contributed by atoms with E-state index in [2.05, 4.69) is 130 Å². The molecule has 0 bridgehead atoms. The standard InChI is InChI=1S/C73H124O6/c1-4-7-10-13-16-19-22-24-26-28-30-32-34-36-38-40-42-44-46-48-51-54-57-60-63-66-72(75)78-69-70(68-77-71(74)65-62-59-56-53-50-21-18-15-12-9-6-3)79-73(76)67-64-61-58-55-52-49-47-45-43-41-39-37-35-33-31-29-27-25-23-20-17-14-11-8-5-2/h7,10,15-16,18-19,23-26,29-32,36,38,42,44,70H,4-6,8-9,11-14,17,20-22,27-28,33-35,37,39-41,43,45-69H2,1-3H3/b10-7-,18-15-,19-16-,25-23-,26-24-,31-29-,32-30-,38-36-,44-42-. The Morgan fingerprint density at radius 3 is 0.823 bits per heavy atom. The Balaban J connectivity index is 4.30. The van der Waals surface area contributed by atoms with Crippen LogP contribution >= 0.6 is 0 Å². The van der Waals surface area contributed by atoms with Crippen LogP contribution in [-0.2, 0) is 28.6 Å². The Bertz CT molecular complexity index is 1590. The summed E-state index contributed by atoms with van der Waals surface area (Å²) in [4.78, 5) is 38.3. The lowest BCUT2D eigenvalue weighted by Gasteiger charge is -2.18.